The van der Waals surface area contributed by atoms with E-state index in [4.69, 9.17) is 0 Å². The molecule has 2 aromatic carbocycles. The fourth-order valence-corrected chi connectivity index (χ4v) is 2.69. The zero-order chi connectivity index (χ0) is 14.3. The minimum atomic E-state index is -1.02. The quantitative estimate of drug-likeness (QED) is 0.774. The van der Waals surface area contributed by atoms with Crippen molar-refractivity contribution in [2.75, 3.05) is 11.4 Å². The zero-order valence-electron chi connectivity index (χ0n) is 11.0. The van der Waals surface area contributed by atoms with E-state index in [-0.39, 0.29) is 5.78 Å². The number of hydrogen-bond acceptors (Lipinski definition) is 2. The number of benzene rings is 2. The highest BCUT2D eigenvalue weighted by Crippen LogP contribution is 2.42. The van der Waals surface area contributed by atoms with Crippen molar-refractivity contribution in [2.45, 2.75) is 6.92 Å². The van der Waals surface area contributed by atoms with Crippen LogP contribution >= 0.6 is 0 Å². The van der Waals surface area contributed by atoms with Gasteiger partial charge in [0.25, 0.3) is 0 Å². The van der Waals surface area contributed by atoms with Gasteiger partial charge in [-0.2, -0.15) is 0 Å². The average molecular weight is 267 g/mol. The van der Waals surface area contributed by atoms with E-state index < -0.39 is 6.09 Å². The maximum atomic E-state index is 12.4. The maximum Gasteiger partial charge on any atom is 0.411 e. The average Bonchev–Trinajstić information content (AvgIpc) is 2.74. The monoisotopic (exact) mass is 267 g/mol. The van der Waals surface area contributed by atoms with Crippen LogP contribution < -0.4 is 4.90 Å². The molecule has 0 fully saturated rings. The topological polar surface area (TPSA) is 57.6 Å². The van der Waals surface area contributed by atoms with Crippen LogP contribution in [0.25, 0.3) is 11.1 Å². The van der Waals surface area contributed by atoms with Gasteiger partial charge in [-0.3, -0.25) is 9.69 Å². The predicted octanol–water partition coefficient (Wildman–Crippen LogP) is 3.40. The first-order chi connectivity index (χ1) is 9.65. The van der Waals surface area contributed by atoms with Crippen LogP contribution in [0.15, 0.2) is 42.5 Å². The Morgan fingerprint density at radius 3 is 2.35 bits per heavy atom. The van der Waals surface area contributed by atoms with Gasteiger partial charge in [-0.25, -0.2) is 4.79 Å². The zero-order valence-corrected chi connectivity index (χ0v) is 11.0. The summed E-state index contributed by atoms with van der Waals surface area (Å²) >= 11 is 0. The molecule has 1 amide bonds. The van der Waals surface area contributed by atoms with E-state index in [1.54, 1.807) is 31.2 Å². The Labute approximate surface area is 116 Å². The maximum absolute atomic E-state index is 12.4. The van der Waals surface area contributed by atoms with Gasteiger partial charge >= 0.3 is 6.09 Å². The largest absolute Gasteiger partial charge is 0.465 e. The first-order valence-corrected chi connectivity index (χ1v) is 6.42. The van der Waals surface area contributed by atoms with Gasteiger partial charge in [-0.15, -0.1) is 0 Å². The summed E-state index contributed by atoms with van der Waals surface area (Å²) in [5.41, 5.74) is 3.30. The number of rotatable bonds is 2. The molecule has 0 aromatic heterocycles. The lowest BCUT2D eigenvalue weighted by atomic mass is 10.0. The Hall–Kier alpha value is -2.62. The second-order valence-corrected chi connectivity index (χ2v) is 4.60. The van der Waals surface area contributed by atoms with Crippen molar-refractivity contribution in [2.24, 2.45) is 0 Å². The molecule has 1 aliphatic carbocycles. The van der Waals surface area contributed by atoms with Crippen LogP contribution in [0.5, 0.6) is 0 Å². The van der Waals surface area contributed by atoms with Crippen LogP contribution in [0.3, 0.4) is 0 Å². The summed E-state index contributed by atoms with van der Waals surface area (Å²) in [6, 6.07) is 12.5. The molecule has 0 unspecified atom stereocenters. The van der Waals surface area contributed by atoms with E-state index in [9.17, 15) is 14.7 Å². The number of fused-ring (bicyclic) bond motifs is 3. The van der Waals surface area contributed by atoms with Crippen molar-refractivity contribution < 1.29 is 14.7 Å². The molecule has 0 atom stereocenters. The number of amides is 1. The molecule has 0 saturated heterocycles. The summed E-state index contributed by atoms with van der Waals surface area (Å²) < 4.78 is 0. The van der Waals surface area contributed by atoms with Gasteiger partial charge in [0.15, 0.2) is 5.78 Å². The summed E-state index contributed by atoms with van der Waals surface area (Å²) in [5, 5.41) is 9.31. The van der Waals surface area contributed by atoms with E-state index in [1.165, 1.54) is 4.90 Å². The number of carboxylic acid groups (broad SMARTS) is 1. The van der Waals surface area contributed by atoms with Crippen molar-refractivity contribution in [3.8, 4) is 11.1 Å². The standard InChI is InChI=1S/C16H13NO3/c1-2-17(16(19)20)13-9-5-8-12-14(13)10-6-3-4-7-11(10)15(12)18/h3-9H,2H2,1H3,(H,19,20). The fraction of sp³-hybridized carbons (Fsp3) is 0.125. The minimum absolute atomic E-state index is 0.0427. The molecule has 1 N–H and O–H groups in total. The van der Waals surface area contributed by atoms with Gasteiger partial charge in [-0.05, 0) is 18.6 Å². The summed E-state index contributed by atoms with van der Waals surface area (Å²) in [5.74, 6) is -0.0427. The molecule has 0 aliphatic heterocycles. The third kappa shape index (κ3) is 1.61. The van der Waals surface area contributed by atoms with Crippen LogP contribution in [-0.4, -0.2) is 23.5 Å². The molecular formula is C16H13NO3. The first kappa shape index (κ1) is 12.4. The third-order valence-electron chi connectivity index (χ3n) is 3.57. The predicted molar refractivity (Wildman–Crippen MR) is 76.4 cm³/mol. The highest BCUT2D eigenvalue weighted by atomic mass is 16.4. The Kier molecular flexibility index (Phi) is 2.79. The van der Waals surface area contributed by atoms with Crippen LogP contribution in [0.2, 0.25) is 0 Å². The van der Waals surface area contributed by atoms with E-state index in [1.807, 2.05) is 18.2 Å². The Balaban J connectivity index is 2.29. The Bertz CT molecular complexity index is 721. The molecule has 2 aromatic rings. The van der Waals surface area contributed by atoms with Crippen LogP contribution in [0.4, 0.5) is 10.5 Å². The van der Waals surface area contributed by atoms with Crippen molar-refractivity contribution >= 4 is 17.6 Å². The molecule has 0 heterocycles. The summed E-state index contributed by atoms with van der Waals surface area (Å²) in [6.07, 6.45) is -1.02. The molecule has 0 bridgehead atoms. The second-order valence-electron chi connectivity index (χ2n) is 4.60. The molecule has 0 saturated carbocycles. The third-order valence-corrected chi connectivity index (χ3v) is 3.57. The lowest BCUT2D eigenvalue weighted by Gasteiger charge is -2.20. The number of anilines is 1. The number of nitrogens with zero attached hydrogens (tertiary/aromatic N) is 1. The highest BCUT2D eigenvalue weighted by molar-refractivity contribution is 6.24. The van der Waals surface area contributed by atoms with Gasteiger partial charge in [0, 0.05) is 23.2 Å². The molecular weight excluding hydrogens is 254 g/mol. The molecule has 20 heavy (non-hydrogen) atoms. The molecule has 3 rings (SSSR count). The summed E-state index contributed by atoms with van der Waals surface area (Å²) in [7, 11) is 0. The van der Waals surface area contributed by atoms with Gasteiger partial charge < -0.3 is 5.11 Å². The van der Waals surface area contributed by atoms with Crippen molar-refractivity contribution in [3.05, 3.63) is 53.6 Å². The van der Waals surface area contributed by atoms with Crippen LogP contribution in [0.1, 0.15) is 22.8 Å². The van der Waals surface area contributed by atoms with Gasteiger partial charge in [-0.1, -0.05) is 36.4 Å². The molecule has 0 radical (unpaired) electrons. The normalized spacial score (nSPS) is 11.9. The number of hydrogen-bond donors (Lipinski definition) is 1. The second kappa shape index (κ2) is 4.49. The Morgan fingerprint density at radius 1 is 1.05 bits per heavy atom. The lowest BCUT2D eigenvalue weighted by molar-refractivity contribution is 0.104. The van der Waals surface area contributed by atoms with E-state index in [0.29, 0.717) is 23.4 Å². The van der Waals surface area contributed by atoms with E-state index >= 15 is 0 Å². The molecule has 4 heteroatoms. The highest BCUT2D eigenvalue weighted by Gasteiger charge is 2.30. The molecule has 100 valence electrons. The minimum Gasteiger partial charge on any atom is -0.465 e. The van der Waals surface area contributed by atoms with Crippen molar-refractivity contribution in [1.29, 1.82) is 0 Å². The SMILES string of the molecule is CCN(C(=O)O)c1cccc2c1-c1ccccc1C2=O. The van der Waals surface area contributed by atoms with E-state index in [0.717, 1.165) is 11.1 Å². The number of ketones is 1. The van der Waals surface area contributed by atoms with Gasteiger partial charge in [0.1, 0.15) is 0 Å². The summed E-state index contributed by atoms with van der Waals surface area (Å²) in [6.45, 7) is 2.11. The van der Waals surface area contributed by atoms with E-state index in [2.05, 4.69) is 0 Å². The van der Waals surface area contributed by atoms with Crippen molar-refractivity contribution in [3.63, 3.8) is 0 Å². The molecule has 1 aliphatic rings. The lowest BCUT2D eigenvalue weighted by Crippen LogP contribution is -2.29. The number of carbonyl (C=O) groups excluding carboxylic acids is 1. The number of carbonyl (C=O) groups is 2. The van der Waals surface area contributed by atoms with Crippen molar-refractivity contribution in [1.82, 2.24) is 0 Å². The summed E-state index contributed by atoms with van der Waals surface area (Å²) in [4.78, 5) is 25.0. The molecule has 0 spiro atoms. The van der Waals surface area contributed by atoms with Crippen LogP contribution in [-0.2, 0) is 0 Å². The smallest absolute Gasteiger partial charge is 0.411 e. The van der Waals surface area contributed by atoms with Gasteiger partial charge in [0.2, 0.25) is 0 Å². The fourth-order valence-electron chi connectivity index (χ4n) is 2.69. The first-order valence-electron chi connectivity index (χ1n) is 6.42. The van der Waals surface area contributed by atoms with Crippen LogP contribution in [0, 0.1) is 0 Å². The van der Waals surface area contributed by atoms with Gasteiger partial charge in [0.05, 0.1) is 5.69 Å². The molecule has 4 nitrogen and oxygen atoms in total. The Morgan fingerprint density at radius 2 is 1.70 bits per heavy atom.